The van der Waals surface area contributed by atoms with Crippen molar-refractivity contribution in [1.82, 2.24) is 0 Å². The van der Waals surface area contributed by atoms with Crippen LogP contribution in [0, 0.1) is 0 Å². The van der Waals surface area contributed by atoms with Gasteiger partial charge in [-0.25, -0.2) is 0 Å². The number of carbonyl (C=O) groups excluding carboxylic acids is 2. The number of rotatable bonds is 7. The molecule has 0 saturated heterocycles. The second-order valence-electron chi connectivity index (χ2n) is 5.57. The van der Waals surface area contributed by atoms with Crippen molar-refractivity contribution in [2.24, 2.45) is 0 Å². The smallest absolute Gasteiger partial charge is 0.279 e. The van der Waals surface area contributed by atoms with Gasteiger partial charge in [0.25, 0.3) is 5.91 Å². The van der Waals surface area contributed by atoms with Crippen molar-refractivity contribution < 1.29 is 14.5 Å². The number of likely N-dealkylation sites (N-methyl/N-ethyl adjacent to an activating group) is 1. The van der Waals surface area contributed by atoms with E-state index in [2.05, 4.69) is 37.5 Å². The summed E-state index contributed by atoms with van der Waals surface area (Å²) in [6.45, 7) is 9.85. The number of allylic oxidation sites excluding steroid dienone is 1. The van der Waals surface area contributed by atoms with Crippen LogP contribution in [-0.4, -0.2) is 31.4 Å². The highest BCUT2D eigenvalue weighted by Gasteiger charge is 2.11. The third-order valence-electron chi connectivity index (χ3n) is 3.20. The second-order valence-corrected chi connectivity index (χ2v) is 5.57. The Bertz CT molecular complexity index is 531. The number of benzene rings is 1. The molecule has 120 valence electrons. The van der Waals surface area contributed by atoms with E-state index in [0.717, 1.165) is 24.5 Å². The Kier molecular flexibility index (Phi) is 7.32. The van der Waals surface area contributed by atoms with Gasteiger partial charge in [0.05, 0.1) is 13.1 Å². The highest BCUT2D eigenvalue weighted by Crippen LogP contribution is 2.13. The van der Waals surface area contributed by atoms with Gasteiger partial charge in [-0.05, 0) is 51.1 Å². The van der Waals surface area contributed by atoms with Crippen LogP contribution in [0.3, 0.4) is 0 Å². The van der Waals surface area contributed by atoms with E-state index in [0.29, 0.717) is 6.54 Å². The molecule has 1 atom stereocenters. The topological polar surface area (TPSA) is 62.6 Å². The monoisotopic (exact) mass is 304 g/mol. The number of carbonyl (C=O) groups is 2. The number of hydrogen-bond donors (Lipinski definition) is 3. The summed E-state index contributed by atoms with van der Waals surface area (Å²) >= 11 is 0. The van der Waals surface area contributed by atoms with Gasteiger partial charge in [-0.2, -0.15) is 0 Å². The summed E-state index contributed by atoms with van der Waals surface area (Å²) in [5, 5.41) is 5.57. The van der Waals surface area contributed by atoms with Crippen LogP contribution >= 0.6 is 0 Å². The number of nitrogens with one attached hydrogen (secondary N) is 3. The standard InChI is InChI=1S/C17H25N3O2/c1-5-20(11-10-13(2)3)12-17(22)19-16-8-6-15(7-9-16)18-14(4)21/h6-10H,5,11-12H2,1-4H3,(H,18,21)(H,19,22)/p+1. The molecular formula is C17H26N3O2+. The Morgan fingerprint density at radius 1 is 1.05 bits per heavy atom. The van der Waals surface area contributed by atoms with E-state index in [9.17, 15) is 9.59 Å². The van der Waals surface area contributed by atoms with Crippen LogP contribution in [0.5, 0.6) is 0 Å². The molecule has 1 rings (SSSR count). The molecule has 3 N–H and O–H groups in total. The van der Waals surface area contributed by atoms with E-state index >= 15 is 0 Å². The van der Waals surface area contributed by atoms with Gasteiger partial charge in [-0.1, -0.05) is 5.57 Å². The van der Waals surface area contributed by atoms with E-state index in [1.165, 1.54) is 17.4 Å². The van der Waals surface area contributed by atoms with Crippen LogP contribution in [0.15, 0.2) is 35.9 Å². The summed E-state index contributed by atoms with van der Waals surface area (Å²) in [5.74, 6) is -0.121. The first kappa shape index (κ1) is 17.9. The molecule has 2 amide bonds. The Morgan fingerprint density at radius 2 is 1.59 bits per heavy atom. The summed E-state index contributed by atoms with van der Waals surface area (Å²) in [7, 11) is 0. The average Bonchev–Trinajstić information content (AvgIpc) is 2.44. The number of anilines is 2. The van der Waals surface area contributed by atoms with Crippen LogP contribution in [0.25, 0.3) is 0 Å². The van der Waals surface area contributed by atoms with Crippen molar-refractivity contribution in [1.29, 1.82) is 0 Å². The highest BCUT2D eigenvalue weighted by molar-refractivity contribution is 5.92. The van der Waals surface area contributed by atoms with E-state index in [1.54, 1.807) is 24.3 Å². The van der Waals surface area contributed by atoms with Crippen LogP contribution < -0.4 is 15.5 Å². The van der Waals surface area contributed by atoms with Gasteiger partial charge in [-0.3, -0.25) is 9.59 Å². The average molecular weight is 304 g/mol. The first-order valence-corrected chi connectivity index (χ1v) is 7.55. The largest absolute Gasteiger partial charge is 0.326 e. The summed E-state index contributed by atoms with van der Waals surface area (Å²) in [5.41, 5.74) is 2.71. The zero-order chi connectivity index (χ0) is 16.5. The van der Waals surface area contributed by atoms with Crippen molar-refractivity contribution in [3.63, 3.8) is 0 Å². The molecule has 0 aliphatic heterocycles. The van der Waals surface area contributed by atoms with E-state index in [-0.39, 0.29) is 11.8 Å². The SMILES string of the molecule is CC[NH+](CC=C(C)C)CC(=O)Nc1ccc(NC(C)=O)cc1. The van der Waals surface area contributed by atoms with Crippen molar-refractivity contribution in [3.8, 4) is 0 Å². The molecular weight excluding hydrogens is 278 g/mol. The number of amides is 2. The first-order chi connectivity index (χ1) is 10.4. The van der Waals surface area contributed by atoms with E-state index in [4.69, 9.17) is 0 Å². The number of quaternary nitrogens is 1. The van der Waals surface area contributed by atoms with Gasteiger partial charge < -0.3 is 15.5 Å². The molecule has 0 fully saturated rings. The van der Waals surface area contributed by atoms with Crippen LogP contribution in [0.4, 0.5) is 11.4 Å². The van der Waals surface area contributed by atoms with Crippen LogP contribution in [0.2, 0.25) is 0 Å². The van der Waals surface area contributed by atoms with Gasteiger partial charge in [0.2, 0.25) is 5.91 Å². The minimum Gasteiger partial charge on any atom is -0.326 e. The molecule has 1 unspecified atom stereocenters. The third kappa shape index (κ3) is 7.04. The molecule has 22 heavy (non-hydrogen) atoms. The predicted octanol–water partition coefficient (Wildman–Crippen LogP) is 1.45. The summed E-state index contributed by atoms with van der Waals surface area (Å²) in [6.07, 6.45) is 2.15. The number of hydrogen-bond acceptors (Lipinski definition) is 2. The molecule has 1 aromatic rings. The maximum Gasteiger partial charge on any atom is 0.279 e. The Labute approximate surface area is 132 Å². The minimum absolute atomic E-state index is 0.00807. The second kappa shape index (κ2) is 9.00. The lowest BCUT2D eigenvalue weighted by Crippen LogP contribution is -3.12. The molecule has 5 heteroatoms. The lowest BCUT2D eigenvalue weighted by atomic mass is 10.2. The Morgan fingerprint density at radius 3 is 2.05 bits per heavy atom. The zero-order valence-corrected chi connectivity index (χ0v) is 13.8. The fourth-order valence-electron chi connectivity index (χ4n) is 1.96. The van der Waals surface area contributed by atoms with E-state index in [1.807, 2.05) is 0 Å². The molecule has 0 aliphatic rings. The molecule has 0 saturated carbocycles. The van der Waals surface area contributed by atoms with Gasteiger partial charge in [-0.15, -0.1) is 0 Å². The normalized spacial score (nSPS) is 11.5. The Balaban J connectivity index is 2.53. The predicted molar refractivity (Wildman–Crippen MR) is 90.0 cm³/mol. The molecule has 0 bridgehead atoms. The van der Waals surface area contributed by atoms with Gasteiger partial charge in [0, 0.05) is 18.3 Å². The van der Waals surface area contributed by atoms with Gasteiger partial charge in [0.15, 0.2) is 6.54 Å². The molecule has 0 spiro atoms. The molecule has 0 heterocycles. The summed E-state index contributed by atoms with van der Waals surface area (Å²) in [4.78, 5) is 24.2. The van der Waals surface area contributed by atoms with Gasteiger partial charge >= 0.3 is 0 Å². The molecule has 1 aromatic carbocycles. The zero-order valence-electron chi connectivity index (χ0n) is 13.8. The summed E-state index contributed by atoms with van der Waals surface area (Å²) in [6, 6.07) is 7.10. The van der Waals surface area contributed by atoms with Crippen molar-refractivity contribution >= 4 is 23.2 Å². The fourth-order valence-corrected chi connectivity index (χ4v) is 1.96. The first-order valence-electron chi connectivity index (χ1n) is 7.55. The van der Waals surface area contributed by atoms with Crippen LogP contribution in [-0.2, 0) is 9.59 Å². The van der Waals surface area contributed by atoms with E-state index < -0.39 is 0 Å². The molecule has 0 radical (unpaired) electrons. The fraction of sp³-hybridized carbons (Fsp3) is 0.412. The quantitative estimate of drug-likeness (QED) is 0.668. The Hall–Kier alpha value is -2.14. The summed E-state index contributed by atoms with van der Waals surface area (Å²) < 4.78 is 0. The lowest BCUT2D eigenvalue weighted by Gasteiger charge is -2.15. The minimum atomic E-state index is -0.113. The van der Waals surface area contributed by atoms with Gasteiger partial charge in [0.1, 0.15) is 0 Å². The maximum atomic E-state index is 12.1. The lowest BCUT2D eigenvalue weighted by molar-refractivity contribution is -0.883. The molecule has 0 aliphatic carbocycles. The van der Waals surface area contributed by atoms with Crippen molar-refractivity contribution in [2.45, 2.75) is 27.7 Å². The van der Waals surface area contributed by atoms with Crippen LogP contribution in [0.1, 0.15) is 27.7 Å². The van der Waals surface area contributed by atoms with Crippen molar-refractivity contribution in [3.05, 3.63) is 35.9 Å². The maximum absolute atomic E-state index is 12.1. The van der Waals surface area contributed by atoms with Crippen molar-refractivity contribution in [2.75, 3.05) is 30.3 Å². The molecule has 0 aromatic heterocycles. The highest BCUT2D eigenvalue weighted by atomic mass is 16.2. The third-order valence-corrected chi connectivity index (χ3v) is 3.20. The molecule has 5 nitrogen and oxygen atoms in total.